The number of aryl methyl sites for hydroxylation is 1. The zero-order valence-corrected chi connectivity index (χ0v) is 14.6. The highest BCUT2D eigenvalue weighted by Crippen LogP contribution is 2.37. The van der Waals surface area contributed by atoms with E-state index in [1.165, 1.54) is 5.56 Å². The molecule has 2 heterocycles. The molecule has 6 nitrogen and oxygen atoms in total. The van der Waals surface area contributed by atoms with Crippen LogP contribution in [0.4, 0.5) is 0 Å². The van der Waals surface area contributed by atoms with Crippen molar-refractivity contribution < 1.29 is 9.53 Å². The zero-order chi connectivity index (χ0) is 17.2. The topological polar surface area (TPSA) is 60.2 Å². The summed E-state index contributed by atoms with van der Waals surface area (Å²) in [5.41, 5.74) is 2.44. The molecule has 1 amide bonds. The Labute approximate surface area is 147 Å². The van der Waals surface area contributed by atoms with Gasteiger partial charge in [0.25, 0.3) is 0 Å². The van der Waals surface area contributed by atoms with Crippen molar-refractivity contribution in [3.63, 3.8) is 0 Å². The first-order chi connectivity index (χ1) is 12.2. The van der Waals surface area contributed by atoms with Gasteiger partial charge >= 0.3 is 0 Å². The standard InChI is InChI=1S/C19H24N4O2/c1-25-16-6-4-15-5-7-17(18(15)9-16)19(24)22-8-2-3-14(10-22)11-23-13-20-12-21-23/h4,6,9,12-14,17H,2-3,5,7-8,10-11H2,1H3/t14-,17+/m0/s1. The Morgan fingerprint density at radius 1 is 1.36 bits per heavy atom. The molecular formula is C19H24N4O2. The van der Waals surface area contributed by atoms with E-state index >= 15 is 0 Å². The van der Waals surface area contributed by atoms with Crippen LogP contribution in [0.25, 0.3) is 0 Å². The highest BCUT2D eigenvalue weighted by atomic mass is 16.5. The van der Waals surface area contributed by atoms with Gasteiger partial charge in [0.1, 0.15) is 18.4 Å². The average molecular weight is 340 g/mol. The Kier molecular flexibility index (Phi) is 4.42. The molecule has 1 aliphatic heterocycles. The van der Waals surface area contributed by atoms with E-state index < -0.39 is 0 Å². The van der Waals surface area contributed by atoms with Crippen LogP contribution < -0.4 is 4.74 Å². The molecule has 1 aromatic carbocycles. The lowest BCUT2D eigenvalue weighted by Crippen LogP contribution is -2.43. The van der Waals surface area contributed by atoms with E-state index in [0.717, 1.165) is 56.6 Å². The molecule has 4 rings (SSSR count). The SMILES string of the molecule is COc1ccc2c(c1)[C@H](C(=O)N1CCC[C@H](Cn3cncn3)C1)CC2. The minimum Gasteiger partial charge on any atom is -0.497 e. The fourth-order valence-electron chi connectivity index (χ4n) is 4.19. The number of hydrogen-bond acceptors (Lipinski definition) is 4. The number of methoxy groups -OCH3 is 1. The van der Waals surface area contributed by atoms with Gasteiger partial charge in [0.05, 0.1) is 13.0 Å². The summed E-state index contributed by atoms with van der Waals surface area (Å²) >= 11 is 0. The van der Waals surface area contributed by atoms with Gasteiger partial charge in [-0.25, -0.2) is 4.98 Å². The van der Waals surface area contributed by atoms with Gasteiger partial charge in [-0.15, -0.1) is 0 Å². The summed E-state index contributed by atoms with van der Waals surface area (Å²) in [6.07, 6.45) is 7.40. The van der Waals surface area contributed by atoms with Crippen LogP contribution in [0, 0.1) is 5.92 Å². The van der Waals surface area contributed by atoms with Gasteiger partial charge in [-0.3, -0.25) is 9.48 Å². The summed E-state index contributed by atoms with van der Waals surface area (Å²) < 4.78 is 7.22. The summed E-state index contributed by atoms with van der Waals surface area (Å²) in [7, 11) is 1.67. The first-order valence-corrected chi connectivity index (χ1v) is 9.02. The van der Waals surface area contributed by atoms with E-state index in [1.807, 2.05) is 16.8 Å². The van der Waals surface area contributed by atoms with Gasteiger partial charge in [-0.1, -0.05) is 6.07 Å². The molecule has 0 bridgehead atoms. The number of benzene rings is 1. The number of amides is 1. The van der Waals surface area contributed by atoms with Crippen LogP contribution in [0.1, 0.15) is 36.3 Å². The van der Waals surface area contributed by atoms with Crippen molar-refractivity contribution in [2.24, 2.45) is 5.92 Å². The number of carbonyl (C=O) groups is 1. The maximum absolute atomic E-state index is 13.2. The predicted octanol–water partition coefficient (Wildman–Crippen LogP) is 2.26. The van der Waals surface area contributed by atoms with Gasteiger partial charge in [-0.05, 0) is 54.9 Å². The molecule has 2 aromatic rings. The summed E-state index contributed by atoms with van der Waals surface area (Å²) in [6, 6.07) is 6.13. The number of ether oxygens (including phenoxy) is 1. The smallest absolute Gasteiger partial charge is 0.230 e. The Bertz CT molecular complexity index is 744. The van der Waals surface area contributed by atoms with E-state index in [0.29, 0.717) is 5.92 Å². The number of rotatable bonds is 4. The van der Waals surface area contributed by atoms with Crippen molar-refractivity contribution in [3.05, 3.63) is 42.0 Å². The normalized spacial score (nSPS) is 22.7. The molecule has 2 atom stereocenters. The van der Waals surface area contributed by atoms with Crippen molar-refractivity contribution in [1.29, 1.82) is 0 Å². The number of carbonyl (C=O) groups excluding carboxylic acids is 1. The number of nitrogens with zero attached hydrogens (tertiary/aromatic N) is 4. The van der Waals surface area contributed by atoms with Crippen molar-refractivity contribution in [3.8, 4) is 5.75 Å². The summed E-state index contributed by atoms with van der Waals surface area (Å²) in [6.45, 7) is 2.51. The third-order valence-electron chi connectivity index (χ3n) is 5.47. The fraction of sp³-hybridized carbons (Fsp3) is 0.526. The van der Waals surface area contributed by atoms with E-state index in [9.17, 15) is 4.79 Å². The molecule has 1 saturated heterocycles. The quantitative estimate of drug-likeness (QED) is 0.856. The third kappa shape index (κ3) is 3.25. The summed E-state index contributed by atoms with van der Waals surface area (Å²) in [5, 5.41) is 4.19. The molecular weight excluding hydrogens is 316 g/mol. The molecule has 6 heteroatoms. The maximum atomic E-state index is 13.2. The number of hydrogen-bond donors (Lipinski definition) is 0. The first-order valence-electron chi connectivity index (χ1n) is 9.02. The maximum Gasteiger partial charge on any atom is 0.230 e. The highest BCUT2D eigenvalue weighted by Gasteiger charge is 2.34. The van der Waals surface area contributed by atoms with Crippen LogP contribution >= 0.6 is 0 Å². The van der Waals surface area contributed by atoms with E-state index in [2.05, 4.69) is 21.0 Å². The Morgan fingerprint density at radius 2 is 2.28 bits per heavy atom. The molecule has 0 radical (unpaired) electrons. The van der Waals surface area contributed by atoms with Crippen molar-refractivity contribution >= 4 is 5.91 Å². The van der Waals surface area contributed by atoms with Crippen LogP contribution in [-0.2, 0) is 17.8 Å². The second-order valence-corrected chi connectivity index (χ2v) is 7.07. The number of piperidine rings is 1. The van der Waals surface area contributed by atoms with Gasteiger partial charge in [-0.2, -0.15) is 5.10 Å². The van der Waals surface area contributed by atoms with Crippen LogP contribution in [0.2, 0.25) is 0 Å². The first kappa shape index (κ1) is 16.1. The lowest BCUT2D eigenvalue weighted by Gasteiger charge is -2.34. The molecule has 132 valence electrons. The van der Waals surface area contributed by atoms with Crippen LogP contribution in [0.5, 0.6) is 5.75 Å². The van der Waals surface area contributed by atoms with E-state index in [4.69, 9.17) is 4.74 Å². The minimum absolute atomic E-state index is 0.0183. The summed E-state index contributed by atoms with van der Waals surface area (Å²) in [5.74, 6) is 1.54. The van der Waals surface area contributed by atoms with E-state index in [1.54, 1.807) is 19.8 Å². The molecule has 0 unspecified atom stereocenters. The predicted molar refractivity (Wildman–Crippen MR) is 93.4 cm³/mol. The molecule has 25 heavy (non-hydrogen) atoms. The van der Waals surface area contributed by atoms with Crippen molar-refractivity contribution in [2.75, 3.05) is 20.2 Å². The fourth-order valence-corrected chi connectivity index (χ4v) is 4.19. The highest BCUT2D eigenvalue weighted by molar-refractivity contribution is 5.85. The molecule has 1 aliphatic carbocycles. The third-order valence-corrected chi connectivity index (χ3v) is 5.47. The average Bonchev–Trinajstić information content (AvgIpc) is 3.30. The van der Waals surface area contributed by atoms with Gasteiger partial charge in [0, 0.05) is 19.6 Å². The molecule has 1 aromatic heterocycles. The second-order valence-electron chi connectivity index (χ2n) is 7.07. The van der Waals surface area contributed by atoms with Crippen LogP contribution in [0.15, 0.2) is 30.9 Å². The lowest BCUT2D eigenvalue weighted by molar-refractivity contribution is -0.134. The van der Waals surface area contributed by atoms with Crippen molar-refractivity contribution in [2.45, 2.75) is 38.1 Å². The molecule has 2 aliphatic rings. The Hall–Kier alpha value is -2.37. The monoisotopic (exact) mass is 340 g/mol. The molecule has 0 spiro atoms. The Morgan fingerprint density at radius 3 is 3.08 bits per heavy atom. The van der Waals surface area contributed by atoms with Crippen LogP contribution in [-0.4, -0.2) is 45.8 Å². The number of fused-ring (bicyclic) bond motifs is 1. The second kappa shape index (κ2) is 6.86. The molecule has 0 N–H and O–H groups in total. The number of likely N-dealkylation sites (tertiary alicyclic amines) is 1. The van der Waals surface area contributed by atoms with Crippen molar-refractivity contribution in [1.82, 2.24) is 19.7 Å². The van der Waals surface area contributed by atoms with Crippen LogP contribution in [0.3, 0.4) is 0 Å². The molecule has 0 saturated carbocycles. The number of aromatic nitrogens is 3. The largest absolute Gasteiger partial charge is 0.497 e. The summed E-state index contributed by atoms with van der Waals surface area (Å²) in [4.78, 5) is 19.2. The molecule has 1 fully saturated rings. The van der Waals surface area contributed by atoms with E-state index in [-0.39, 0.29) is 11.8 Å². The zero-order valence-electron chi connectivity index (χ0n) is 14.6. The minimum atomic E-state index is -0.0183. The van der Waals surface area contributed by atoms with Gasteiger partial charge < -0.3 is 9.64 Å². The lowest BCUT2D eigenvalue weighted by atomic mass is 9.94. The van der Waals surface area contributed by atoms with Gasteiger partial charge in [0.15, 0.2) is 0 Å². The van der Waals surface area contributed by atoms with Gasteiger partial charge in [0.2, 0.25) is 5.91 Å². The Balaban J connectivity index is 1.46.